The van der Waals surface area contributed by atoms with Gasteiger partial charge in [-0.3, -0.25) is 4.79 Å². The van der Waals surface area contributed by atoms with Crippen LogP contribution in [0.2, 0.25) is 0 Å². The second kappa shape index (κ2) is 8.18. The van der Waals surface area contributed by atoms with Crippen LogP contribution in [0, 0.1) is 0 Å². The summed E-state index contributed by atoms with van der Waals surface area (Å²) in [4.78, 5) is 14.1. The summed E-state index contributed by atoms with van der Waals surface area (Å²) in [5, 5.41) is 0. The normalized spacial score (nSPS) is 11.2. The maximum absolute atomic E-state index is 12.3. The average molecular weight is 309 g/mol. The Labute approximate surface area is 138 Å². The first-order chi connectivity index (χ1) is 11.1. The molecular formula is C20H23NO2. The molecule has 0 fully saturated rings. The van der Waals surface area contributed by atoms with E-state index in [-0.39, 0.29) is 5.91 Å². The number of carbonyl (C=O) groups excluding carboxylic acids is 1. The van der Waals surface area contributed by atoms with Crippen LogP contribution >= 0.6 is 0 Å². The number of hydrogen-bond donors (Lipinski definition) is 0. The highest BCUT2D eigenvalue weighted by atomic mass is 16.5. The Morgan fingerprint density at radius 3 is 2.43 bits per heavy atom. The number of hydrogen-bond acceptors (Lipinski definition) is 2. The van der Waals surface area contributed by atoms with Crippen LogP contribution in [0.1, 0.15) is 18.1 Å². The second-order valence-electron chi connectivity index (χ2n) is 5.52. The molecule has 0 saturated carbocycles. The molecule has 0 N–H and O–H groups in total. The highest BCUT2D eigenvalue weighted by Gasteiger charge is 2.09. The van der Waals surface area contributed by atoms with Crippen molar-refractivity contribution in [1.82, 2.24) is 4.90 Å². The van der Waals surface area contributed by atoms with Gasteiger partial charge < -0.3 is 9.64 Å². The SMILES string of the molecule is COc1ccccc1CCN(C)C(=O)/C=C(\C)c1ccccc1. The topological polar surface area (TPSA) is 29.5 Å². The number of benzene rings is 2. The predicted octanol–water partition coefficient (Wildman–Crippen LogP) is 3.80. The molecule has 23 heavy (non-hydrogen) atoms. The number of amides is 1. The van der Waals surface area contributed by atoms with Crippen molar-refractivity contribution in [2.45, 2.75) is 13.3 Å². The van der Waals surface area contributed by atoms with Gasteiger partial charge in [0.2, 0.25) is 5.91 Å². The lowest BCUT2D eigenvalue weighted by Crippen LogP contribution is -2.27. The number of methoxy groups -OCH3 is 1. The number of carbonyl (C=O) groups is 1. The van der Waals surface area contributed by atoms with Crippen molar-refractivity contribution >= 4 is 11.5 Å². The summed E-state index contributed by atoms with van der Waals surface area (Å²) in [5.74, 6) is 0.880. The molecule has 3 heteroatoms. The van der Waals surface area contributed by atoms with Crippen molar-refractivity contribution in [3.8, 4) is 5.75 Å². The molecule has 0 aromatic heterocycles. The van der Waals surface area contributed by atoms with E-state index >= 15 is 0 Å². The van der Waals surface area contributed by atoms with Crippen molar-refractivity contribution in [3.05, 3.63) is 71.8 Å². The quantitative estimate of drug-likeness (QED) is 0.760. The van der Waals surface area contributed by atoms with Crippen LogP contribution in [0.4, 0.5) is 0 Å². The fourth-order valence-corrected chi connectivity index (χ4v) is 2.39. The Kier molecular flexibility index (Phi) is 5.98. The highest BCUT2D eigenvalue weighted by molar-refractivity contribution is 5.94. The monoisotopic (exact) mass is 309 g/mol. The van der Waals surface area contributed by atoms with Crippen molar-refractivity contribution < 1.29 is 9.53 Å². The molecular weight excluding hydrogens is 286 g/mol. The maximum atomic E-state index is 12.3. The van der Waals surface area contributed by atoms with E-state index < -0.39 is 0 Å². The molecule has 0 aliphatic carbocycles. The molecule has 120 valence electrons. The summed E-state index contributed by atoms with van der Waals surface area (Å²) in [5.41, 5.74) is 3.15. The number of nitrogens with zero attached hydrogens (tertiary/aromatic N) is 1. The van der Waals surface area contributed by atoms with E-state index in [4.69, 9.17) is 4.74 Å². The van der Waals surface area contributed by atoms with Gasteiger partial charge in [-0.05, 0) is 36.1 Å². The molecule has 0 heterocycles. The lowest BCUT2D eigenvalue weighted by Gasteiger charge is -2.17. The van der Waals surface area contributed by atoms with Crippen molar-refractivity contribution in [2.75, 3.05) is 20.7 Å². The summed E-state index contributed by atoms with van der Waals surface area (Å²) in [6, 6.07) is 17.8. The second-order valence-corrected chi connectivity index (χ2v) is 5.52. The number of para-hydroxylation sites is 1. The zero-order chi connectivity index (χ0) is 16.7. The summed E-state index contributed by atoms with van der Waals surface area (Å²) >= 11 is 0. The van der Waals surface area contributed by atoms with Crippen LogP contribution in [0.3, 0.4) is 0 Å². The van der Waals surface area contributed by atoms with Gasteiger partial charge in [-0.15, -0.1) is 0 Å². The van der Waals surface area contributed by atoms with E-state index in [1.54, 1.807) is 18.1 Å². The minimum absolute atomic E-state index is 0.0150. The molecule has 0 atom stereocenters. The van der Waals surface area contributed by atoms with E-state index in [1.165, 1.54) is 0 Å². The van der Waals surface area contributed by atoms with Gasteiger partial charge in [-0.25, -0.2) is 0 Å². The van der Waals surface area contributed by atoms with E-state index in [1.807, 2.05) is 68.6 Å². The van der Waals surface area contributed by atoms with Crippen LogP contribution in [-0.2, 0) is 11.2 Å². The molecule has 0 bridgehead atoms. The predicted molar refractivity (Wildman–Crippen MR) is 94.4 cm³/mol. The van der Waals surface area contributed by atoms with Gasteiger partial charge in [0.05, 0.1) is 7.11 Å². The maximum Gasteiger partial charge on any atom is 0.246 e. The molecule has 0 spiro atoms. The fraction of sp³-hybridized carbons (Fsp3) is 0.250. The first-order valence-electron chi connectivity index (χ1n) is 7.72. The zero-order valence-electron chi connectivity index (χ0n) is 14.0. The number of likely N-dealkylation sites (N-methyl/N-ethyl adjacent to an activating group) is 1. The minimum Gasteiger partial charge on any atom is -0.496 e. The first-order valence-corrected chi connectivity index (χ1v) is 7.72. The zero-order valence-corrected chi connectivity index (χ0v) is 14.0. The van der Waals surface area contributed by atoms with Gasteiger partial charge in [0, 0.05) is 19.7 Å². The third kappa shape index (κ3) is 4.71. The molecule has 0 unspecified atom stereocenters. The van der Waals surface area contributed by atoms with E-state index in [0.717, 1.165) is 28.9 Å². The summed E-state index contributed by atoms with van der Waals surface area (Å²) < 4.78 is 5.35. The molecule has 0 radical (unpaired) electrons. The van der Waals surface area contributed by atoms with Gasteiger partial charge in [-0.2, -0.15) is 0 Å². The Bertz CT molecular complexity index is 677. The van der Waals surface area contributed by atoms with Crippen LogP contribution in [0.25, 0.3) is 5.57 Å². The van der Waals surface area contributed by atoms with Gasteiger partial charge in [0.1, 0.15) is 5.75 Å². The first kappa shape index (κ1) is 16.8. The lowest BCUT2D eigenvalue weighted by atomic mass is 10.1. The molecule has 0 aliphatic rings. The Balaban J connectivity index is 1.98. The van der Waals surface area contributed by atoms with Crippen molar-refractivity contribution in [3.63, 3.8) is 0 Å². The van der Waals surface area contributed by atoms with Gasteiger partial charge in [0.15, 0.2) is 0 Å². The molecule has 1 amide bonds. The van der Waals surface area contributed by atoms with Gasteiger partial charge in [0.25, 0.3) is 0 Å². The molecule has 2 aromatic carbocycles. The van der Waals surface area contributed by atoms with Crippen LogP contribution in [0.15, 0.2) is 60.7 Å². The average Bonchev–Trinajstić information content (AvgIpc) is 2.60. The third-order valence-electron chi connectivity index (χ3n) is 3.85. The largest absolute Gasteiger partial charge is 0.496 e. The lowest BCUT2D eigenvalue weighted by molar-refractivity contribution is -0.124. The summed E-state index contributed by atoms with van der Waals surface area (Å²) in [7, 11) is 3.49. The molecule has 0 aliphatic heterocycles. The van der Waals surface area contributed by atoms with Crippen LogP contribution in [0.5, 0.6) is 5.75 Å². The van der Waals surface area contributed by atoms with Crippen LogP contribution < -0.4 is 4.74 Å². The minimum atomic E-state index is 0.0150. The van der Waals surface area contributed by atoms with Crippen molar-refractivity contribution in [2.24, 2.45) is 0 Å². The number of ether oxygens (including phenoxy) is 1. The van der Waals surface area contributed by atoms with E-state index in [9.17, 15) is 4.79 Å². The fourth-order valence-electron chi connectivity index (χ4n) is 2.39. The van der Waals surface area contributed by atoms with E-state index in [2.05, 4.69) is 0 Å². The highest BCUT2D eigenvalue weighted by Crippen LogP contribution is 2.18. The van der Waals surface area contributed by atoms with Crippen LogP contribution in [-0.4, -0.2) is 31.5 Å². The van der Waals surface area contributed by atoms with E-state index in [0.29, 0.717) is 6.54 Å². The molecule has 0 saturated heterocycles. The summed E-state index contributed by atoms with van der Waals surface area (Å²) in [6.45, 7) is 2.61. The Hall–Kier alpha value is -2.55. The van der Waals surface area contributed by atoms with Gasteiger partial charge in [-0.1, -0.05) is 48.5 Å². The molecule has 2 aromatic rings. The number of allylic oxidation sites excluding steroid dienone is 1. The Morgan fingerprint density at radius 1 is 1.09 bits per heavy atom. The third-order valence-corrected chi connectivity index (χ3v) is 3.85. The number of rotatable bonds is 6. The summed E-state index contributed by atoms with van der Waals surface area (Å²) in [6.07, 6.45) is 2.46. The van der Waals surface area contributed by atoms with Crippen molar-refractivity contribution in [1.29, 1.82) is 0 Å². The molecule has 3 nitrogen and oxygen atoms in total. The van der Waals surface area contributed by atoms with Gasteiger partial charge >= 0.3 is 0 Å². The smallest absolute Gasteiger partial charge is 0.246 e. The Morgan fingerprint density at radius 2 is 1.74 bits per heavy atom. The molecule has 2 rings (SSSR count). The standard InChI is InChI=1S/C20H23NO2/c1-16(17-9-5-4-6-10-17)15-20(22)21(2)14-13-18-11-7-8-12-19(18)23-3/h4-12,15H,13-14H2,1-3H3/b16-15+.